The lowest BCUT2D eigenvalue weighted by atomic mass is 9.57. The highest BCUT2D eigenvalue weighted by atomic mass is 16.1. The van der Waals surface area contributed by atoms with E-state index in [2.05, 4.69) is 31.2 Å². The van der Waals surface area contributed by atoms with Gasteiger partial charge in [0.1, 0.15) is 5.82 Å². The number of para-hydroxylation sites is 1. The van der Waals surface area contributed by atoms with Crippen molar-refractivity contribution >= 4 is 16.6 Å². The van der Waals surface area contributed by atoms with E-state index in [1.165, 1.54) is 48.9 Å². The van der Waals surface area contributed by atoms with Gasteiger partial charge in [0.05, 0.1) is 10.9 Å². The summed E-state index contributed by atoms with van der Waals surface area (Å²) in [6, 6.07) is 16.6. The summed E-state index contributed by atoms with van der Waals surface area (Å²) in [4.78, 5) is 17.8. The number of aromatic nitrogens is 2. The minimum atomic E-state index is -0.0414. The summed E-state index contributed by atoms with van der Waals surface area (Å²) in [6.45, 7) is 4.18. The first-order valence-electron chi connectivity index (χ1n) is 11.3. The first-order chi connectivity index (χ1) is 14.6. The van der Waals surface area contributed by atoms with Crippen molar-refractivity contribution in [1.29, 1.82) is 0 Å². The lowest BCUT2D eigenvalue weighted by molar-refractivity contribution is 0.207. The van der Waals surface area contributed by atoms with Crippen molar-refractivity contribution in [3.05, 3.63) is 75.8 Å². The van der Waals surface area contributed by atoms with E-state index >= 15 is 0 Å². The van der Waals surface area contributed by atoms with Gasteiger partial charge < -0.3 is 0 Å². The maximum atomic E-state index is 13.1. The van der Waals surface area contributed by atoms with Gasteiger partial charge in [0, 0.05) is 17.5 Å². The fraction of sp³-hybridized carbons (Fsp3) is 0.423. The largest absolute Gasteiger partial charge is 0.282 e. The van der Waals surface area contributed by atoms with Crippen LogP contribution in [-0.4, -0.2) is 15.4 Å². The molecule has 154 valence electrons. The van der Waals surface area contributed by atoms with Gasteiger partial charge >= 0.3 is 0 Å². The van der Waals surface area contributed by atoms with Crippen molar-refractivity contribution in [2.24, 2.45) is 10.5 Å². The van der Waals surface area contributed by atoms with Gasteiger partial charge in [-0.3, -0.25) is 4.79 Å². The molecular weight excluding hydrogens is 370 g/mol. The molecule has 0 atom stereocenters. The first-order valence-corrected chi connectivity index (χ1v) is 11.3. The van der Waals surface area contributed by atoms with Gasteiger partial charge in [-0.15, -0.1) is 0 Å². The SMILES string of the molecule is CCc1nc2ccccc2c(=O)n1/N=C1\CCC12CCC(c1ccc(C)cc1)CC2. The van der Waals surface area contributed by atoms with Crippen LogP contribution in [0.3, 0.4) is 0 Å². The third kappa shape index (κ3) is 3.19. The highest BCUT2D eigenvalue weighted by molar-refractivity contribution is 5.95. The summed E-state index contributed by atoms with van der Waals surface area (Å²) in [7, 11) is 0. The standard InChI is InChI=1S/C26H29N3O/c1-3-24-27-22-7-5-4-6-21(22)25(30)29(24)28-23-14-17-26(23)15-12-20(13-16-26)19-10-8-18(2)9-11-19/h4-11,20H,3,12-17H2,1-2H3/b28-23+. The maximum Gasteiger partial charge on any atom is 0.282 e. The molecule has 2 saturated carbocycles. The molecule has 4 heteroatoms. The van der Waals surface area contributed by atoms with Gasteiger partial charge in [-0.05, 0) is 69.1 Å². The summed E-state index contributed by atoms with van der Waals surface area (Å²) in [6.07, 6.45) is 7.63. The molecule has 0 radical (unpaired) electrons. The zero-order valence-electron chi connectivity index (χ0n) is 17.9. The Kier molecular flexibility index (Phi) is 4.80. The highest BCUT2D eigenvalue weighted by Crippen LogP contribution is 2.52. The number of fused-ring (bicyclic) bond motifs is 1. The number of benzene rings is 2. The Labute approximate surface area is 177 Å². The Morgan fingerprint density at radius 1 is 1.07 bits per heavy atom. The molecule has 2 fully saturated rings. The van der Waals surface area contributed by atoms with Crippen molar-refractivity contribution in [2.75, 3.05) is 0 Å². The number of hydrogen-bond acceptors (Lipinski definition) is 3. The molecule has 0 unspecified atom stereocenters. The van der Waals surface area contributed by atoms with E-state index in [9.17, 15) is 4.79 Å². The molecule has 2 aliphatic rings. The van der Waals surface area contributed by atoms with Crippen molar-refractivity contribution in [3.8, 4) is 0 Å². The van der Waals surface area contributed by atoms with Crippen LogP contribution in [0.2, 0.25) is 0 Å². The Balaban J connectivity index is 1.43. The van der Waals surface area contributed by atoms with Crippen LogP contribution in [0.5, 0.6) is 0 Å². The lowest BCUT2D eigenvalue weighted by Crippen LogP contribution is -2.44. The quantitative estimate of drug-likeness (QED) is 0.575. The summed E-state index contributed by atoms with van der Waals surface area (Å²) in [5.41, 5.74) is 4.91. The molecule has 3 aromatic rings. The van der Waals surface area contributed by atoms with E-state index < -0.39 is 0 Å². The van der Waals surface area contributed by atoms with Gasteiger partial charge in [0.25, 0.3) is 5.56 Å². The van der Waals surface area contributed by atoms with E-state index in [0.29, 0.717) is 17.7 Å². The van der Waals surface area contributed by atoms with Crippen LogP contribution in [0.4, 0.5) is 0 Å². The smallest absolute Gasteiger partial charge is 0.267 e. The van der Waals surface area contributed by atoms with Gasteiger partial charge in [0.15, 0.2) is 0 Å². The zero-order valence-corrected chi connectivity index (χ0v) is 17.9. The van der Waals surface area contributed by atoms with E-state index in [-0.39, 0.29) is 11.0 Å². The Morgan fingerprint density at radius 3 is 2.47 bits per heavy atom. The summed E-state index contributed by atoms with van der Waals surface area (Å²) in [5, 5.41) is 5.58. The second-order valence-electron chi connectivity index (χ2n) is 9.03. The summed E-state index contributed by atoms with van der Waals surface area (Å²) >= 11 is 0. The third-order valence-electron chi connectivity index (χ3n) is 7.30. The van der Waals surface area contributed by atoms with Crippen molar-refractivity contribution in [2.45, 2.75) is 64.7 Å². The molecule has 2 aliphatic carbocycles. The van der Waals surface area contributed by atoms with Crippen LogP contribution in [0, 0.1) is 12.3 Å². The monoisotopic (exact) mass is 399 g/mol. The molecule has 5 rings (SSSR count). The van der Waals surface area contributed by atoms with Crippen LogP contribution in [0.15, 0.2) is 58.4 Å². The van der Waals surface area contributed by atoms with Crippen molar-refractivity contribution < 1.29 is 0 Å². The fourth-order valence-corrected chi connectivity index (χ4v) is 5.25. The fourth-order valence-electron chi connectivity index (χ4n) is 5.25. The molecule has 0 amide bonds. The normalized spacial score (nSPS) is 25.0. The second-order valence-corrected chi connectivity index (χ2v) is 9.03. The average molecular weight is 400 g/mol. The van der Waals surface area contributed by atoms with Crippen LogP contribution in [-0.2, 0) is 6.42 Å². The molecule has 0 aliphatic heterocycles. The molecule has 0 N–H and O–H groups in total. The third-order valence-corrected chi connectivity index (χ3v) is 7.30. The van der Waals surface area contributed by atoms with Crippen molar-refractivity contribution in [3.63, 3.8) is 0 Å². The minimum Gasteiger partial charge on any atom is -0.267 e. The predicted molar refractivity (Wildman–Crippen MR) is 122 cm³/mol. The number of hydrogen-bond donors (Lipinski definition) is 0. The molecule has 2 aromatic carbocycles. The number of nitrogens with zero attached hydrogens (tertiary/aromatic N) is 3. The van der Waals surface area contributed by atoms with Gasteiger partial charge in [-0.25, -0.2) is 4.98 Å². The van der Waals surface area contributed by atoms with Gasteiger partial charge in [0.2, 0.25) is 0 Å². The predicted octanol–water partition coefficient (Wildman–Crippen LogP) is 5.61. The molecule has 4 nitrogen and oxygen atoms in total. The summed E-state index contributed by atoms with van der Waals surface area (Å²) in [5.74, 6) is 1.40. The first kappa shape index (κ1) is 19.2. The Bertz CT molecular complexity index is 1170. The second kappa shape index (κ2) is 7.50. The van der Waals surface area contributed by atoms with Crippen LogP contribution >= 0.6 is 0 Å². The van der Waals surface area contributed by atoms with E-state index in [0.717, 1.165) is 17.8 Å². The molecule has 1 spiro atoms. The minimum absolute atomic E-state index is 0.0414. The topological polar surface area (TPSA) is 47.2 Å². The van der Waals surface area contributed by atoms with Crippen LogP contribution in [0.1, 0.15) is 68.3 Å². The van der Waals surface area contributed by atoms with Gasteiger partial charge in [-0.1, -0.05) is 48.9 Å². The Hall–Kier alpha value is -2.75. The molecule has 30 heavy (non-hydrogen) atoms. The lowest BCUT2D eigenvalue weighted by Gasteiger charge is -2.48. The highest BCUT2D eigenvalue weighted by Gasteiger charge is 2.46. The van der Waals surface area contributed by atoms with E-state index in [1.807, 2.05) is 31.2 Å². The molecule has 0 bridgehead atoms. The average Bonchev–Trinajstić information content (AvgIpc) is 2.78. The summed E-state index contributed by atoms with van der Waals surface area (Å²) < 4.78 is 1.59. The van der Waals surface area contributed by atoms with Crippen molar-refractivity contribution in [1.82, 2.24) is 9.66 Å². The molecule has 0 saturated heterocycles. The Morgan fingerprint density at radius 2 is 1.80 bits per heavy atom. The maximum absolute atomic E-state index is 13.1. The van der Waals surface area contributed by atoms with Crippen LogP contribution in [0.25, 0.3) is 10.9 Å². The number of aryl methyl sites for hydroxylation is 2. The van der Waals surface area contributed by atoms with E-state index in [4.69, 9.17) is 10.1 Å². The van der Waals surface area contributed by atoms with Crippen LogP contribution < -0.4 is 5.56 Å². The van der Waals surface area contributed by atoms with Gasteiger partial charge in [-0.2, -0.15) is 9.78 Å². The molecular formula is C26H29N3O. The number of rotatable bonds is 3. The zero-order chi connectivity index (χ0) is 20.7. The van der Waals surface area contributed by atoms with E-state index in [1.54, 1.807) is 4.68 Å². The molecule has 1 heterocycles. The molecule has 1 aromatic heterocycles.